The first-order valence-corrected chi connectivity index (χ1v) is 10.3. The maximum absolute atomic E-state index is 12.5. The third-order valence-corrected chi connectivity index (χ3v) is 5.19. The topological polar surface area (TPSA) is 97.6 Å². The number of benzene rings is 2. The molecule has 0 unspecified atom stereocenters. The largest absolute Gasteiger partial charge is 0.489 e. The van der Waals surface area contributed by atoms with Crippen LogP contribution in [0.15, 0.2) is 71.3 Å². The molecule has 0 bridgehead atoms. The number of ether oxygens (including phenoxy) is 1. The number of furan rings is 1. The Kier molecular flexibility index (Phi) is 6.00. The van der Waals surface area contributed by atoms with Crippen molar-refractivity contribution >= 4 is 27.3 Å². The first kappa shape index (κ1) is 19.5. The van der Waals surface area contributed by atoms with E-state index < -0.39 is 15.9 Å². The Morgan fingerprint density at radius 2 is 1.68 bits per heavy atom. The molecule has 8 heteroatoms. The second kappa shape index (κ2) is 8.62. The van der Waals surface area contributed by atoms with Gasteiger partial charge in [-0.3, -0.25) is 9.52 Å². The van der Waals surface area contributed by atoms with Crippen LogP contribution in [-0.4, -0.2) is 20.1 Å². The molecule has 0 saturated heterocycles. The third-order valence-electron chi connectivity index (χ3n) is 3.89. The molecular weight excluding hydrogens is 380 g/mol. The lowest BCUT2D eigenvalue weighted by Gasteiger charge is -2.09. The Hall–Kier alpha value is -3.26. The number of nitrogens with one attached hydrogen (secondary N) is 2. The number of hydrogen-bond acceptors (Lipinski definition) is 5. The summed E-state index contributed by atoms with van der Waals surface area (Å²) in [5.74, 6) is 0.420. The van der Waals surface area contributed by atoms with Crippen molar-refractivity contribution in [2.75, 3.05) is 15.8 Å². The second-order valence-corrected chi connectivity index (χ2v) is 7.92. The van der Waals surface area contributed by atoms with E-state index in [9.17, 15) is 13.2 Å². The van der Waals surface area contributed by atoms with E-state index in [-0.39, 0.29) is 18.1 Å². The number of carbonyl (C=O) groups excluding carboxylic acids is 1. The number of sulfonamides is 1. The van der Waals surface area contributed by atoms with Crippen molar-refractivity contribution in [3.63, 3.8) is 0 Å². The molecule has 0 aliphatic heterocycles. The highest BCUT2D eigenvalue weighted by molar-refractivity contribution is 7.92. The van der Waals surface area contributed by atoms with E-state index in [1.165, 1.54) is 6.26 Å². The van der Waals surface area contributed by atoms with Crippen LogP contribution in [0.3, 0.4) is 0 Å². The summed E-state index contributed by atoms with van der Waals surface area (Å²) in [5.41, 5.74) is 1.55. The number of carbonyl (C=O) groups is 1. The van der Waals surface area contributed by atoms with Crippen LogP contribution in [0.5, 0.6) is 5.75 Å². The summed E-state index contributed by atoms with van der Waals surface area (Å²) in [6.07, 6.45) is 1.43. The Balaban J connectivity index is 1.63. The lowest BCUT2D eigenvalue weighted by Crippen LogP contribution is -2.15. The Labute approximate surface area is 163 Å². The lowest BCUT2D eigenvalue weighted by atomic mass is 10.2. The SMILES string of the molecule is CCS(=O)(=O)Nc1ccc(NC(=O)c2occc2COc2ccccc2)cc1. The maximum atomic E-state index is 12.5. The summed E-state index contributed by atoms with van der Waals surface area (Å²) in [7, 11) is -3.35. The molecular formula is C20H20N2O5S. The molecule has 146 valence electrons. The summed E-state index contributed by atoms with van der Waals surface area (Å²) in [6, 6.07) is 17.3. The highest BCUT2D eigenvalue weighted by Gasteiger charge is 2.16. The van der Waals surface area contributed by atoms with Gasteiger partial charge in [0.05, 0.1) is 12.0 Å². The van der Waals surface area contributed by atoms with E-state index in [2.05, 4.69) is 10.0 Å². The van der Waals surface area contributed by atoms with Gasteiger partial charge in [-0.25, -0.2) is 8.42 Å². The molecule has 0 fully saturated rings. The average Bonchev–Trinajstić information content (AvgIpc) is 3.17. The first-order chi connectivity index (χ1) is 13.5. The standard InChI is InChI=1S/C20H20N2O5S/c1-2-28(24,25)22-17-10-8-16(9-11-17)21-20(23)19-15(12-13-26-19)14-27-18-6-4-3-5-7-18/h3-13,22H,2,14H2,1H3,(H,21,23). The van der Waals surface area contributed by atoms with Gasteiger partial charge in [0.15, 0.2) is 5.76 Å². The third kappa shape index (κ3) is 5.14. The molecule has 3 rings (SSSR count). The van der Waals surface area contributed by atoms with Crippen molar-refractivity contribution in [3.8, 4) is 5.75 Å². The number of anilines is 2. The minimum absolute atomic E-state index is 0.0161. The molecule has 3 aromatic rings. The number of hydrogen-bond donors (Lipinski definition) is 2. The van der Waals surface area contributed by atoms with Crippen molar-refractivity contribution in [2.45, 2.75) is 13.5 Å². The van der Waals surface area contributed by atoms with E-state index >= 15 is 0 Å². The zero-order chi connectivity index (χ0) is 20.0. The fourth-order valence-electron chi connectivity index (χ4n) is 2.39. The van der Waals surface area contributed by atoms with Gasteiger partial charge in [-0.1, -0.05) is 18.2 Å². The summed E-state index contributed by atoms with van der Waals surface area (Å²) in [6.45, 7) is 1.75. The highest BCUT2D eigenvalue weighted by Crippen LogP contribution is 2.19. The summed E-state index contributed by atoms with van der Waals surface area (Å²) < 4.78 is 36.6. The molecule has 0 aliphatic carbocycles. The van der Waals surface area contributed by atoms with Gasteiger partial charge in [-0.05, 0) is 49.4 Å². The smallest absolute Gasteiger partial charge is 0.291 e. The fourth-order valence-corrected chi connectivity index (χ4v) is 3.03. The monoisotopic (exact) mass is 400 g/mol. The van der Waals surface area contributed by atoms with E-state index in [4.69, 9.17) is 9.15 Å². The van der Waals surface area contributed by atoms with Crippen LogP contribution in [-0.2, 0) is 16.6 Å². The summed E-state index contributed by atoms with van der Waals surface area (Å²) in [4.78, 5) is 12.5. The van der Waals surface area contributed by atoms with Crippen molar-refractivity contribution in [1.29, 1.82) is 0 Å². The molecule has 0 radical (unpaired) electrons. The van der Waals surface area contributed by atoms with Crippen LogP contribution in [0.25, 0.3) is 0 Å². The predicted molar refractivity (Wildman–Crippen MR) is 107 cm³/mol. The van der Waals surface area contributed by atoms with Crippen LogP contribution in [0, 0.1) is 0 Å². The van der Waals surface area contributed by atoms with Crippen molar-refractivity contribution in [1.82, 2.24) is 0 Å². The van der Waals surface area contributed by atoms with Gasteiger partial charge in [0.2, 0.25) is 10.0 Å². The first-order valence-electron chi connectivity index (χ1n) is 8.63. The van der Waals surface area contributed by atoms with Crippen molar-refractivity contribution in [3.05, 3.63) is 78.3 Å². The van der Waals surface area contributed by atoms with Crippen LogP contribution in [0.1, 0.15) is 23.0 Å². The van der Waals surface area contributed by atoms with E-state index in [1.54, 1.807) is 37.3 Å². The Morgan fingerprint density at radius 3 is 2.36 bits per heavy atom. The molecule has 0 aliphatic rings. The zero-order valence-electron chi connectivity index (χ0n) is 15.2. The van der Waals surface area contributed by atoms with Crippen molar-refractivity contribution in [2.24, 2.45) is 0 Å². The van der Waals surface area contributed by atoms with Gasteiger partial charge in [0, 0.05) is 16.9 Å². The summed E-state index contributed by atoms with van der Waals surface area (Å²) in [5, 5.41) is 2.72. The van der Waals surface area contributed by atoms with E-state index in [1.807, 2.05) is 30.3 Å². The number of para-hydroxylation sites is 1. The predicted octanol–water partition coefficient (Wildman–Crippen LogP) is 3.87. The summed E-state index contributed by atoms with van der Waals surface area (Å²) >= 11 is 0. The number of rotatable bonds is 8. The lowest BCUT2D eigenvalue weighted by molar-refractivity contribution is 0.0993. The molecule has 7 nitrogen and oxygen atoms in total. The van der Waals surface area contributed by atoms with Gasteiger partial charge >= 0.3 is 0 Å². The van der Waals surface area contributed by atoms with Crippen LogP contribution in [0.2, 0.25) is 0 Å². The minimum Gasteiger partial charge on any atom is -0.489 e. The van der Waals surface area contributed by atoms with E-state index in [0.29, 0.717) is 22.7 Å². The zero-order valence-corrected chi connectivity index (χ0v) is 16.0. The van der Waals surface area contributed by atoms with Gasteiger partial charge in [0.25, 0.3) is 5.91 Å². The Morgan fingerprint density at radius 1 is 1.00 bits per heavy atom. The molecule has 2 N–H and O–H groups in total. The van der Waals surface area contributed by atoms with Gasteiger partial charge in [-0.15, -0.1) is 0 Å². The molecule has 1 aromatic heterocycles. The highest BCUT2D eigenvalue weighted by atomic mass is 32.2. The Bertz CT molecular complexity index is 1030. The average molecular weight is 400 g/mol. The quantitative estimate of drug-likeness (QED) is 0.598. The van der Waals surface area contributed by atoms with Gasteiger partial charge in [0.1, 0.15) is 12.4 Å². The van der Waals surface area contributed by atoms with Crippen LogP contribution >= 0.6 is 0 Å². The fraction of sp³-hybridized carbons (Fsp3) is 0.150. The normalized spacial score (nSPS) is 11.0. The van der Waals surface area contributed by atoms with Gasteiger partial charge < -0.3 is 14.5 Å². The van der Waals surface area contributed by atoms with Crippen molar-refractivity contribution < 1.29 is 22.4 Å². The van der Waals surface area contributed by atoms with E-state index in [0.717, 1.165) is 0 Å². The molecule has 0 saturated carbocycles. The molecule has 1 heterocycles. The molecule has 1 amide bonds. The van der Waals surface area contributed by atoms with Crippen LogP contribution in [0.4, 0.5) is 11.4 Å². The van der Waals surface area contributed by atoms with Gasteiger partial charge in [-0.2, -0.15) is 0 Å². The number of amides is 1. The second-order valence-electron chi connectivity index (χ2n) is 5.91. The maximum Gasteiger partial charge on any atom is 0.291 e. The molecule has 2 aromatic carbocycles. The van der Waals surface area contributed by atoms with Crippen LogP contribution < -0.4 is 14.8 Å². The minimum atomic E-state index is -3.35. The molecule has 0 spiro atoms. The molecule has 28 heavy (non-hydrogen) atoms. The molecule has 0 atom stereocenters.